The van der Waals surface area contributed by atoms with E-state index in [2.05, 4.69) is 15.8 Å². The van der Waals surface area contributed by atoms with E-state index >= 15 is 0 Å². The van der Waals surface area contributed by atoms with Crippen LogP contribution >= 0.6 is 0 Å². The second kappa shape index (κ2) is 13.5. The molecule has 0 aliphatic rings. The molecule has 0 aliphatic carbocycles. The van der Waals surface area contributed by atoms with Crippen LogP contribution < -0.4 is 10.7 Å². The normalized spacial score (nSPS) is 11.6. The Bertz CT molecular complexity index is 1300. The Morgan fingerprint density at radius 2 is 1.73 bits per heavy atom. The number of carbonyl (C=O) groups is 2. The lowest BCUT2D eigenvalue weighted by molar-refractivity contribution is -0.139. The summed E-state index contributed by atoms with van der Waals surface area (Å²) in [7, 11) is -2.28. The number of sulfonamides is 1. The van der Waals surface area contributed by atoms with Gasteiger partial charge in [0.25, 0.3) is 0 Å². The van der Waals surface area contributed by atoms with Gasteiger partial charge in [0.05, 0.1) is 17.7 Å². The summed E-state index contributed by atoms with van der Waals surface area (Å²) in [5.74, 6) is -1.07. The summed E-state index contributed by atoms with van der Waals surface area (Å²) in [6.45, 7) is 2.79. The van der Waals surface area contributed by atoms with Crippen molar-refractivity contribution in [3.8, 4) is 0 Å². The van der Waals surface area contributed by atoms with Crippen molar-refractivity contribution >= 4 is 28.1 Å². The zero-order valence-electron chi connectivity index (χ0n) is 20.7. The molecule has 0 aliphatic heterocycles. The molecular formula is C26H30N4O6S. The predicted octanol–water partition coefficient (Wildman–Crippen LogP) is 2.58. The SMILES string of the molecule is COCCCNC(=O)C(=O)N/N=C/c1ccc(CN(Cc2ccccc2)S(=O)(=O)c2ccc(C)cc2)o1. The van der Waals surface area contributed by atoms with Gasteiger partial charge in [0.2, 0.25) is 10.0 Å². The number of methoxy groups -OCH3 is 1. The van der Waals surface area contributed by atoms with Crippen molar-refractivity contribution in [2.75, 3.05) is 20.3 Å². The van der Waals surface area contributed by atoms with Crippen molar-refractivity contribution < 1.29 is 27.2 Å². The molecule has 0 saturated heterocycles. The molecule has 0 fully saturated rings. The van der Waals surface area contributed by atoms with Crippen LogP contribution in [0.2, 0.25) is 0 Å². The van der Waals surface area contributed by atoms with Gasteiger partial charge < -0.3 is 14.5 Å². The molecule has 0 bridgehead atoms. The smallest absolute Gasteiger partial charge is 0.329 e. The van der Waals surface area contributed by atoms with Crippen LogP contribution in [0.5, 0.6) is 0 Å². The maximum absolute atomic E-state index is 13.4. The largest absolute Gasteiger partial charge is 0.459 e. The Labute approximate surface area is 216 Å². The van der Waals surface area contributed by atoms with Crippen molar-refractivity contribution in [2.45, 2.75) is 31.3 Å². The number of hydrazone groups is 1. The third-order valence-electron chi connectivity index (χ3n) is 5.25. The summed E-state index contributed by atoms with van der Waals surface area (Å²) in [6.07, 6.45) is 1.81. The zero-order chi connectivity index (χ0) is 26.7. The van der Waals surface area contributed by atoms with Gasteiger partial charge in [-0.25, -0.2) is 13.8 Å². The van der Waals surface area contributed by atoms with E-state index < -0.39 is 21.8 Å². The second-order valence-electron chi connectivity index (χ2n) is 8.18. The Morgan fingerprint density at radius 3 is 2.43 bits per heavy atom. The van der Waals surface area contributed by atoms with Crippen LogP contribution in [-0.2, 0) is 37.4 Å². The van der Waals surface area contributed by atoms with Crippen LogP contribution in [0.3, 0.4) is 0 Å². The van der Waals surface area contributed by atoms with E-state index in [0.717, 1.165) is 11.1 Å². The van der Waals surface area contributed by atoms with Crippen molar-refractivity contribution in [1.29, 1.82) is 0 Å². The fraction of sp³-hybridized carbons (Fsp3) is 0.269. The first-order chi connectivity index (χ1) is 17.8. The van der Waals surface area contributed by atoms with Crippen molar-refractivity contribution in [3.05, 3.63) is 89.4 Å². The average Bonchev–Trinajstić information content (AvgIpc) is 3.34. The first-order valence-electron chi connectivity index (χ1n) is 11.6. The maximum Gasteiger partial charge on any atom is 0.329 e. The van der Waals surface area contributed by atoms with E-state index in [9.17, 15) is 18.0 Å². The van der Waals surface area contributed by atoms with Gasteiger partial charge in [-0.2, -0.15) is 9.41 Å². The lowest BCUT2D eigenvalue weighted by Gasteiger charge is -2.21. The van der Waals surface area contributed by atoms with Gasteiger partial charge in [-0.15, -0.1) is 0 Å². The molecule has 10 nitrogen and oxygen atoms in total. The molecule has 1 aromatic heterocycles. The zero-order valence-corrected chi connectivity index (χ0v) is 21.5. The topological polar surface area (TPSA) is 130 Å². The molecule has 3 rings (SSSR count). The number of amides is 2. The lowest BCUT2D eigenvalue weighted by Crippen LogP contribution is -2.38. The molecule has 0 saturated carbocycles. The van der Waals surface area contributed by atoms with Gasteiger partial charge >= 0.3 is 11.8 Å². The van der Waals surface area contributed by atoms with Crippen LogP contribution in [-0.4, -0.2) is 51.0 Å². The Hall–Kier alpha value is -3.80. The molecule has 0 spiro atoms. The number of ether oxygens (including phenoxy) is 1. The number of hydrogen-bond donors (Lipinski definition) is 2. The summed E-state index contributed by atoms with van der Waals surface area (Å²) in [4.78, 5) is 23.7. The fourth-order valence-electron chi connectivity index (χ4n) is 3.30. The van der Waals surface area contributed by atoms with Gasteiger partial charge in [-0.1, -0.05) is 48.0 Å². The second-order valence-corrected chi connectivity index (χ2v) is 10.1. The van der Waals surface area contributed by atoms with E-state index in [0.29, 0.717) is 25.3 Å². The first kappa shape index (κ1) is 27.8. The molecule has 196 valence electrons. The highest BCUT2D eigenvalue weighted by molar-refractivity contribution is 7.89. The van der Waals surface area contributed by atoms with Crippen LogP contribution in [0.15, 0.2) is 81.1 Å². The van der Waals surface area contributed by atoms with Crippen molar-refractivity contribution in [1.82, 2.24) is 15.0 Å². The minimum Gasteiger partial charge on any atom is -0.459 e. The van der Waals surface area contributed by atoms with Gasteiger partial charge in [0.15, 0.2) is 0 Å². The molecule has 2 N–H and O–H groups in total. The highest BCUT2D eigenvalue weighted by Crippen LogP contribution is 2.22. The third kappa shape index (κ3) is 8.38. The van der Waals surface area contributed by atoms with E-state index in [1.54, 1.807) is 43.5 Å². The average molecular weight is 527 g/mol. The molecule has 37 heavy (non-hydrogen) atoms. The molecule has 2 aromatic carbocycles. The standard InChI is InChI=1S/C26H30N4O6S/c1-20-9-13-24(14-10-20)37(33,34)30(18-21-7-4-3-5-8-21)19-23-12-11-22(36-23)17-28-29-26(32)25(31)27-15-6-16-35-2/h3-5,7-14,17H,6,15-16,18-19H2,1-2H3,(H,27,31)(H,29,32)/b28-17+. The molecule has 0 unspecified atom stereocenters. The number of hydrogen-bond acceptors (Lipinski definition) is 7. The molecule has 1 heterocycles. The van der Waals surface area contributed by atoms with E-state index in [1.165, 1.54) is 10.5 Å². The predicted molar refractivity (Wildman–Crippen MR) is 138 cm³/mol. The van der Waals surface area contributed by atoms with E-state index in [1.807, 2.05) is 37.3 Å². The molecule has 2 amide bonds. The Kier molecular flexibility index (Phi) is 10.1. The minimum absolute atomic E-state index is 0.0187. The number of carbonyl (C=O) groups excluding carboxylic acids is 2. The molecular weight excluding hydrogens is 496 g/mol. The number of furan rings is 1. The Morgan fingerprint density at radius 1 is 1.00 bits per heavy atom. The Balaban J connectivity index is 1.67. The molecule has 3 aromatic rings. The molecule has 11 heteroatoms. The van der Waals surface area contributed by atoms with E-state index in [4.69, 9.17) is 9.15 Å². The monoisotopic (exact) mass is 526 g/mol. The van der Waals surface area contributed by atoms with Crippen LogP contribution in [0.25, 0.3) is 0 Å². The van der Waals surface area contributed by atoms with E-state index in [-0.39, 0.29) is 23.7 Å². The van der Waals surface area contributed by atoms with Gasteiger partial charge in [-0.3, -0.25) is 9.59 Å². The van der Waals surface area contributed by atoms with Crippen molar-refractivity contribution in [3.63, 3.8) is 0 Å². The maximum atomic E-state index is 13.4. The van der Waals surface area contributed by atoms with Crippen LogP contribution in [0, 0.1) is 6.92 Å². The highest BCUT2D eigenvalue weighted by Gasteiger charge is 2.26. The first-order valence-corrected chi connectivity index (χ1v) is 13.0. The number of nitrogens with zero attached hydrogens (tertiary/aromatic N) is 2. The summed E-state index contributed by atoms with van der Waals surface area (Å²) in [5, 5.41) is 6.19. The number of benzene rings is 2. The summed E-state index contributed by atoms with van der Waals surface area (Å²) in [5.41, 5.74) is 3.91. The van der Waals surface area contributed by atoms with Gasteiger partial charge in [0.1, 0.15) is 11.5 Å². The quantitative estimate of drug-likeness (QED) is 0.161. The summed E-state index contributed by atoms with van der Waals surface area (Å²) >= 11 is 0. The lowest BCUT2D eigenvalue weighted by atomic mass is 10.2. The number of rotatable bonds is 12. The molecule has 0 radical (unpaired) electrons. The fourth-order valence-corrected chi connectivity index (χ4v) is 4.69. The van der Waals surface area contributed by atoms with Crippen LogP contribution in [0.1, 0.15) is 29.1 Å². The van der Waals surface area contributed by atoms with Crippen LogP contribution in [0.4, 0.5) is 0 Å². The van der Waals surface area contributed by atoms with Gasteiger partial charge in [-0.05, 0) is 43.2 Å². The molecule has 0 atom stereocenters. The summed E-state index contributed by atoms with van der Waals surface area (Å²) in [6, 6.07) is 19.2. The van der Waals surface area contributed by atoms with Crippen molar-refractivity contribution in [2.24, 2.45) is 5.10 Å². The number of nitrogens with one attached hydrogen (secondary N) is 2. The number of aryl methyl sites for hydroxylation is 1. The summed E-state index contributed by atoms with van der Waals surface area (Å²) < 4.78 is 38.8. The van der Waals surface area contributed by atoms with Gasteiger partial charge in [0, 0.05) is 26.8 Å². The minimum atomic E-state index is -3.82. The highest BCUT2D eigenvalue weighted by atomic mass is 32.2. The third-order valence-corrected chi connectivity index (χ3v) is 7.06.